The molecule has 1 N–H and O–H groups in total. The summed E-state index contributed by atoms with van der Waals surface area (Å²) in [6, 6.07) is 0. The molecule has 0 radical (unpaired) electrons. The molecule has 5 heteroatoms. The molecule has 0 saturated carbocycles. The molecule has 1 saturated heterocycles. The van der Waals surface area contributed by atoms with Gasteiger partial charge in [-0.15, -0.1) is 12.6 Å². The zero-order valence-electron chi connectivity index (χ0n) is 5.67. The monoisotopic (exact) mass is 165 g/mol. The van der Waals surface area contributed by atoms with E-state index in [1.165, 1.54) is 32.4 Å². The Morgan fingerprint density at radius 3 is 1.40 bits per heavy atom. The summed E-state index contributed by atoms with van der Waals surface area (Å²) in [6.07, 6.45) is 4.22. The Labute approximate surface area is 61.7 Å². The molecule has 60 valence electrons. The lowest BCUT2D eigenvalue weighted by Crippen LogP contribution is -2.21. The molecule has 0 aliphatic carbocycles. The Hall–Kier alpha value is -0.420. The Kier molecular flexibility index (Phi) is 6.42. The third kappa shape index (κ3) is 10.5. The summed E-state index contributed by atoms with van der Waals surface area (Å²) < 4.78 is 25.3. The summed E-state index contributed by atoms with van der Waals surface area (Å²) in [5.41, 5.74) is 0. The van der Waals surface area contributed by atoms with E-state index in [9.17, 15) is 0 Å². The van der Waals surface area contributed by atoms with E-state index in [4.69, 9.17) is 12.6 Å². The van der Waals surface area contributed by atoms with Gasteiger partial charge in [0.15, 0.2) is 0 Å². The van der Waals surface area contributed by atoms with Crippen molar-refractivity contribution in [1.29, 1.82) is 0 Å². The Bertz CT molecular complexity index is 138. The fourth-order valence-corrected chi connectivity index (χ4v) is 0.802. The molecule has 1 fully saturated rings. The van der Waals surface area contributed by atoms with Crippen molar-refractivity contribution in [3.63, 3.8) is 0 Å². The summed E-state index contributed by atoms with van der Waals surface area (Å²) >= 11 is 0. The van der Waals surface area contributed by atoms with Gasteiger partial charge in [0.1, 0.15) is 0 Å². The van der Waals surface area contributed by atoms with Crippen LogP contribution < -0.4 is 5.32 Å². The van der Waals surface area contributed by atoms with Crippen LogP contribution in [0.25, 0.3) is 0 Å². The molecule has 4 nitrogen and oxygen atoms in total. The number of nitrogens with one attached hydrogen (secondary N) is 1. The van der Waals surface area contributed by atoms with E-state index in [-0.39, 0.29) is 0 Å². The molecule has 1 aliphatic rings. The van der Waals surface area contributed by atoms with E-state index in [0.717, 1.165) is 0 Å². The highest BCUT2D eigenvalue weighted by molar-refractivity contribution is 7.59. The topological polar surface area (TPSA) is 63.2 Å². The van der Waals surface area contributed by atoms with Crippen LogP contribution >= 0.6 is 0 Å². The van der Waals surface area contributed by atoms with Gasteiger partial charge in [-0.3, -0.25) is 0 Å². The number of piperidine rings is 1. The molecule has 0 aromatic rings. The van der Waals surface area contributed by atoms with Crippen LogP contribution in [0, 0.1) is 0 Å². The van der Waals surface area contributed by atoms with Crippen molar-refractivity contribution in [3.05, 3.63) is 0 Å². The smallest absolute Gasteiger partial charge is 0.317 e. The lowest BCUT2D eigenvalue weighted by Gasteiger charge is -2.08. The van der Waals surface area contributed by atoms with Gasteiger partial charge < -0.3 is 5.32 Å². The molecule has 1 heterocycles. The van der Waals surface area contributed by atoms with Crippen LogP contribution in [0.3, 0.4) is 0 Å². The quantitative estimate of drug-likeness (QED) is 0.538. The molecule has 0 atom stereocenters. The van der Waals surface area contributed by atoms with Gasteiger partial charge in [0.05, 0.1) is 0 Å². The number of hydrogen-bond acceptors (Lipinski definition) is 4. The fourth-order valence-electron chi connectivity index (χ4n) is 0.802. The Morgan fingerprint density at radius 2 is 1.30 bits per heavy atom. The molecule has 1 aliphatic heterocycles. The highest BCUT2D eigenvalue weighted by atomic mass is 32.2. The maximum atomic E-state index is 8.44. The van der Waals surface area contributed by atoms with Crippen molar-refractivity contribution in [2.24, 2.45) is 0 Å². The standard InChI is InChI=1S/C5H11N.O3S/c1-2-4-6-5-3-1;1-4(2)3/h6H,1-5H2;. The third-order valence-electron chi connectivity index (χ3n) is 1.21. The fraction of sp³-hybridized carbons (Fsp3) is 1.00. The largest absolute Gasteiger partial charge is 0.425 e. The normalized spacial score (nSPS) is 16.8. The molecular weight excluding hydrogens is 154 g/mol. The highest BCUT2D eigenvalue weighted by Gasteiger charge is 1.93. The van der Waals surface area contributed by atoms with Crippen molar-refractivity contribution in [2.45, 2.75) is 19.3 Å². The van der Waals surface area contributed by atoms with Gasteiger partial charge in [0.25, 0.3) is 0 Å². The van der Waals surface area contributed by atoms with Gasteiger partial charge in [-0.05, 0) is 25.9 Å². The zero-order valence-corrected chi connectivity index (χ0v) is 6.49. The molecule has 0 unspecified atom stereocenters. The molecule has 0 amide bonds. The summed E-state index contributed by atoms with van der Waals surface area (Å²) in [5, 5.41) is 3.28. The predicted octanol–water partition coefficient (Wildman–Crippen LogP) is -0.244. The summed E-state index contributed by atoms with van der Waals surface area (Å²) in [4.78, 5) is 0. The first-order chi connectivity index (χ1) is 4.73. The van der Waals surface area contributed by atoms with Gasteiger partial charge in [-0.1, -0.05) is 6.42 Å². The molecule has 1 rings (SSSR count). The van der Waals surface area contributed by atoms with Crippen LogP contribution in [-0.2, 0) is 10.6 Å². The van der Waals surface area contributed by atoms with Crippen LogP contribution in [-0.4, -0.2) is 25.7 Å². The van der Waals surface area contributed by atoms with Gasteiger partial charge in [-0.25, -0.2) is 0 Å². The maximum Gasteiger partial charge on any atom is 0.425 e. The second kappa shape index (κ2) is 6.70. The van der Waals surface area contributed by atoms with Crippen LogP contribution in [0.15, 0.2) is 0 Å². The van der Waals surface area contributed by atoms with Crippen LogP contribution in [0.5, 0.6) is 0 Å². The Morgan fingerprint density at radius 1 is 0.900 bits per heavy atom. The first-order valence-corrected chi connectivity index (χ1v) is 4.21. The van der Waals surface area contributed by atoms with E-state index in [1.54, 1.807) is 0 Å². The van der Waals surface area contributed by atoms with E-state index >= 15 is 0 Å². The number of hydrogen-bond donors (Lipinski definition) is 1. The molecular formula is C5H11NO3S. The van der Waals surface area contributed by atoms with E-state index in [2.05, 4.69) is 5.32 Å². The first kappa shape index (κ1) is 9.58. The van der Waals surface area contributed by atoms with Crippen molar-refractivity contribution in [1.82, 2.24) is 5.32 Å². The lowest BCUT2D eigenvalue weighted by atomic mass is 10.2. The lowest BCUT2D eigenvalue weighted by molar-refractivity contribution is 0.520. The van der Waals surface area contributed by atoms with E-state index in [1.807, 2.05) is 0 Å². The van der Waals surface area contributed by atoms with Crippen molar-refractivity contribution < 1.29 is 12.6 Å². The minimum absolute atomic E-state index is 1.25. The van der Waals surface area contributed by atoms with E-state index < -0.39 is 10.6 Å². The second-order valence-corrected chi connectivity index (χ2v) is 2.42. The summed E-state index contributed by atoms with van der Waals surface area (Å²) in [6.45, 7) is 2.50. The first-order valence-electron chi connectivity index (χ1n) is 3.21. The average molecular weight is 165 g/mol. The molecule has 0 spiro atoms. The minimum atomic E-state index is -3.11. The second-order valence-electron chi connectivity index (χ2n) is 2.01. The third-order valence-corrected chi connectivity index (χ3v) is 1.21. The minimum Gasteiger partial charge on any atom is -0.317 e. The van der Waals surface area contributed by atoms with Crippen molar-refractivity contribution in [3.8, 4) is 0 Å². The molecule has 0 bridgehead atoms. The summed E-state index contributed by atoms with van der Waals surface area (Å²) in [7, 11) is -3.11. The highest BCUT2D eigenvalue weighted by Crippen LogP contribution is 1.96. The van der Waals surface area contributed by atoms with Crippen LogP contribution in [0.1, 0.15) is 19.3 Å². The van der Waals surface area contributed by atoms with Gasteiger partial charge in [-0.2, -0.15) is 0 Å². The maximum absolute atomic E-state index is 8.44. The molecule has 0 aromatic carbocycles. The SMILES string of the molecule is C1CCNCC1.O=S(=O)=O. The van der Waals surface area contributed by atoms with Crippen LogP contribution in [0.4, 0.5) is 0 Å². The molecule has 10 heavy (non-hydrogen) atoms. The van der Waals surface area contributed by atoms with Crippen molar-refractivity contribution >= 4 is 10.6 Å². The summed E-state index contributed by atoms with van der Waals surface area (Å²) in [5.74, 6) is 0. The van der Waals surface area contributed by atoms with Gasteiger partial charge in [0.2, 0.25) is 0 Å². The Balaban J connectivity index is 0.000000180. The zero-order chi connectivity index (χ0) is 7.82. The van der Waals surface area contributed by atoms with Gasteiger partial charge in [0, 0.05) is 0 Å². The molecule has 0 aromatic heterocycles. The average Bonchev–Trinajstić information content (AvgIpc) is 1.90. The number of rotatable bonds is 0. The van der Waals surface area contributed by atoms with Crippen LogP contribution in [0.2, 0.25) is 0 Å². The predicted molar refractivity (Wildman–Crippen MR) is 36.4 cm³/mol. The van der Waals surface area contributed by atoms with Gasteiger partial charge >= 0.3 is 10.6 Å². The van der Waals surface area contributed by atoms with Crippen molar-refractivity contribution in [2.75, 3.05) is 13.1 Å². The van der Waals surface area contributed by atoms with E-state index in [0.29, 0.717) is 0 Å².